The highest BCUT2D eigenvalue weighted by Crippen LogP contribution is 2.25. The molecule has 28 heavy (non-hydrogen) atoms. The molecule has 0 amide bonds. The first kappa shape index (κ1) is 17.9. The third kappa shape index (κ3) is 3.91. The largest absolute Gasteiger partial charge is 0.340 e. The van der Waals surface area contributed by atoms with Crippen LogP contribution in [0.4, 0.5) is 23.1 Å². The number of anilines is 4. The predicted octanol–water partition coefficient (Wildman–Crippen LogP) is 3.92. The van der Waals surface area contributed by atoms with Gasteiger partial charge < -0.3 is 10.6 Å². The van der Waals surface area contributed by atoms with E-state index in [2.05, 4.69) is 25.6 Å². The average Bonchev–Trinajstić information content (AvgIpc) is 2.68. The van der Waals surface area contributed by atoms with Gasteiger partial charge in [-0.25, -0.2) is 13.4 Å². The standard InChI is InChI=1S/C20H17N5O2S/c1-28(26,27)16-6-3-5-15(12-16)23-20-22-11-9-19(25-20)24-18-7-2-4-14-13-21-10-8-17(14)18/h2-13H,1H3,(H2,22,23,24,25). The van der Waals surface area contributed by atoms with Crippen LogP contribution < -0.4 is 10.6 Å². The van der Waals surface area contributed by atoms with E-state index in [1.165, 1.54) is 6.26 Å². The number of fused-ring (bicyclic) bond motifs is 1. The molecule has 0 bridgehead atoms. The molecule has 4 aromatic rings. The average molecular weight is 391 g/mol. The van der Waals surface area contributed by atoms with Crippen LogP contribution in [0.15, 0.2) is 78.1 Å². The lowest BCUT2D eigenvalue weighted by Gasteiger charge is -2.11. The molecule has 2 aromatic heterocycles. The van der Waals surface area contributed by atoms with E-state index in [1.807, 2.05) is 30.5 Å². The molecule has 0 aliphatic rings. The van der Waals surface area contributed by atoms with Gasteiger partial charge in [0.1, 0.15) is 5.82 Å². The second kappa shape index (κ2) is 7.24. The summed E-state index contributed by atoms with van der Waals surface area (Å²) in [5.74, 6) is 0.971. The maximum Gasteiger partial charge on any atom is 0.229 e. The van der Waals surface area contributed by atoms with E-state index < -0.39 is 9.84 Å². The van der Waals surface area contributed by atoms with Crippen LogP contribution in [-0.4, -0.2) is 29.6 Å². The van der Waals surface area contributed by atoms with Gasteiger partial charge in [0.25, 0.3) is 0 Å². The molecule has 0 atom stereocenters. The maximum absolute atomic E-state index is 11.7. The van der Waals surface area contributed by atoms with E-state index >= 15 is 0 Å². The lowest BCUT2D eigenvalue weighted by atomic mass is 10.1. The number of nitrogens with zero attached hydrogens (tertiary/aromatic N) is 3. The van der Waals surface area contributed by atoms with Gasteiger partial charge in [-0.15, -0.1) is 0 Å². The molecule has 140 valence electrons. The van der Waals surface area contributed by atoms with Crippen molar-refractivity contribution in [1.29, 1.82) is 0 Å². The smallest absolute Gasteiger partial charge is 0.229 e. The van der Waals surface area contributed by atoms with Crippen LogP contribution in [0, 0.1) is 0 Å². The Balaban J connectivity index is 1.60. The zero-order valence-electron chi connectivity index (χ0n) is 15.0. The Labute approximate surface area is 162 Å². The molecule has 0 saturated heterocycles. The molecule has 0 unspecified atom stereocenters. The Kier molecular flexibility index (Phi) is 4.62. The third-order valence-electron chi connectivity index (χ3n) is 4.12. The number of benzene rings is 2. The van der Waals surface area contributed by atoms with Crippen LogP contribution in [-0.2, 0) is 9.84 Å². The van der Waals surface area contributed by atoms with E-state index in [9.17, 15) is 8.42 Å². The number of aromatic nitrogens is 3. The van der Waals surface area contributed by atoms with Gasteiger partial charge in [-0.05, 0) is 36.4 Å². The molecule has 0 aliphatic heterocycles. The van der Waals surface area contributed by atoms with Gasteiger partial charge in [0, 0.05) is 47.0 Å². The molecule has 7 nitrogen and oxygen atoms in total. The molecule has 8 heteroatoms. The second-order valence-electron chi connectivity index (χ2n) is 6.22. The summed E-state index contributed by atoms with van der Waals surface area (Å²) >= 11 is 0. The summed E-state index contributed by atoms with van der Waals surface area (Å²) < 4.78 is 23.5. The summed E-state index contributed by atoms with van der Waals surface area (Å²) in [4.78, 5) is 13.0. The third-order valence-corrected chi connectivity index (χ3v) is 5.23. The van der Waals surface area contributed by atoms with Crippen molar-refractivity contribution >= 4 is 43.8 Å². The van der Waals surface area contributed by atoms with Gasteiger partial charge in [0.15, 0.2) is 9.84 Å². The monoisotopic (exact) mass is 391 g/mol. The van der Waals surface area contributed by atoms with Crippen LogP contribution in [0.3, 0.4) is 0 Å². The van der Waals surface area contributed by atoms with Crippen molar-refractivity contribution in [2.45, 2.75) is 4.90 Å². The highest BCUT2D eigenvalue weighted by atomic mass is 32.2. The van der Waals surface area contributed by atoms with E-state index in [-0.39, 0.29) is 4.90 Å². The van der Waals surface area contributed by atoms with Crippen molar-refractivity contribution in [3.8, 4) is 0 Å². The van der Waals surface area contributed by atoms with E-state index in [0.717, 1.165) is 16.5 Å². The minimum absolute atomic E-state index is 0.233. The van der Waals surface area contributed by atoms with Crippen molar-refractivity contribution in [2.24, 2.45) is 0 Å². The zero-order chi connectivity index (χ0) is 19.6. The summed E-state index contributed by atoms with van der Waals surface area (Å²) in [6, 6.07) is 16.1. The van der Waals surface area contributed by atoms with Gasteiger partial charge in [-0.1, -0.05) is 18.2 Å². The number of hydrogen-bond acceptors (Lipinski definition) is 7. The fraction of sp³-hybridized carbons (Fsp3) is 0.0500. The first-order chi connectivity index (χ1) is 13.5. The SMILES string of the molecule is CS(=O)(=O)c1cccc(Nc2nccc(Nc3cccc4cnccc34)n2)c1. The number of rotatable bonds is 5. The van der Waals surface area contributed by atoms with Crippen molar-refractivity contribution in [2.75, 3.05) is 16.9 Å². The highest BCUT2D eigenvalue weighted by Gasteiger charge is 2.08. The number of nitrogens with one attached hydrogen (secondary N) is 2. The lowest BCUT2D eigenvalue weighted by molar-refractivity contribution is 0.602. The minimum atomic E-state index is -3.29. The molecule has 2 heterocycles. The minimum Gasteiger partial charge on any atom is -0.340 e. The van der Waals surface area contributed by atoms with Gasteiger partial charge >= 0.3 is 0 Å². The molecule has 2 aromatic carbocycles. The Morgan fingerprint density at radius 3 is 2.64 bits per heavy atom. The van der Waals surface area contributed by atoms with E-state index in [1.54, 1.807) is 42.7 Å². The molecular formula is C20H17N5O2S. The van der Waals surface area contributed by atoms with Crippen molar-refractivity contribution in [3.63, 3.8) is 0 Å². The fourth-order valence-electron chi connectivity index (χ4n) is 2.79. The topological polar surface area (TPSA) is 96.9 Å². The molecule has 0 saturated carbocycles. The first-order valence-corrected chi connectivity index (χ1v) is 10.4. The molecule has 0 radical (unpaired) electrons. The Morgan fingerprint density at radius 2 is 1.79 bits per heavy atom. The Bertz CT molecular complexity index is 1250. The van der Waals surface area contributed by atoms with Gasteiger partial charge in [0.2, 0.25) is 5.95 Å². The molecule has 0 aliphatic carbocycles. The van der Waals surface area contributed by atoms with Crippen molar-refractivity contribution < 1.29 is 8.42 Å². The highest BCUT2D eigenvalue weighted by molar-refractivity contribution is 7.90. The van der Waals surface area contributed by atoms with Crippen molar-refractivity contribution in [3.05, 3.63) is 73.2 Å². The van der Waals surface area contributed by atoms with Crippen LogP contribution in [0.2, 0.25) is 0 Å². The zero-order valence-corrected chi connectivity index (χ0v) is 15.8. The fourth-order valence-corrected chi connectivity index (χ4v) is 3.46. The summed E-state index contributed by atoms with van der Waals surface area (Å²) in [5, 5.41) is 8.40. The quantitative estimate of drug-likeness (QED) is 0.532. The predicted molar refractivity (Wildman–Crippen MR) is 110 cm³/mol. The number of hydrogen-bond donors (Lipinski definition) is 2. The molecule has 4 rings (SSSR count). The lowest BCUT2D eigenvalue weighted by Crippen LogP contribution is -2.02. The van der Waals surface area contributed by atoms with E-state index in [0.29, 0.717) is 17.5 Å². The number of sulfone groups is 1. The normalized spacial score (nSPS) is 11.3. The van der Waals surface area contributed by atoms with Gasteiger partial charge in [-0.2, -0.15) is 4.98 Å². The van der Waals surface area contributed by atoms with E-state index in [4.69, 9.17) is 0 Å². The summed E-state index contributed by atoms with van der Waals surface area (Å²) in [6.45, 7) is 0. The van der Waals surface area contributed by atoms with Crippen LogP contribution in [0.5, 0.6) is 0 Å². The van der Waals surface area contributed by atoms with Crippen LogP contribution in [0.1, 0.15) is 0 Å². The first-order valence-electron chi connectivity index (χ1n) is 8.49. The molecular weight excluding hydrogens is 374 g/mol. The van der Waals surface area contributed by atoms with Gasteiger partial charge in [-0.3, -0.25) is 4.98 Å². The number of pyridine rings is 1. The van der Waals surface area contributed by atoms with Crippen molar-refractivity contribution in [1.82, 2.24) is 15.0 Å². The Hall–Kier alpha value is -3.52. The summed E-state index contributed by atoms with van der Waals surface area (Å²) in [6.07, 6.45) is 6.36. The van der Waals surface area contributed by atoms with Crippen LogP contribution >= 0.6 is 0 Å². The summed E-state index contributed by atoms with van der Waals surface area (Å²) in [7, 11) is -3.29. The summed E-state index contributed by atoms with van der Waals surface area (Å²) in [5.41, 5.74) is 1.50. The molecule has 0 fully saturated rings. The Morgan fingerprint density at radius 1 is 0.929 bits per heavy atom. The van der Waals surface area contributed by atoms with Crippen LogP contribution in [0.25, 0.3) is 10.8 Å². The maximum atomic E-state index is 11.7. The second-order valence-corrected chi connectivity index (χ2v) is 8.23. The molecule has 0 spiro atoms. The molecule has 2 N–H and O–H groups in total. The van der Waals surface area contributed by atoms with Gasteiger partial charge in [0.05, 0.1) is 4.90 Å².